The second kappa shape index (κ2) is 6.25. The smallest absolute Gasteiger partial charge is 0.433 e. The average Bonchev–Trinajstić information content (AvgIpc) is 2.88. The van der Waals surface area contributed by atoms with Crippen LogP contribution < -0.4 is 10.1 Å². The summed E-state index contributed by atoms with van der Waals surface area (Å²) in [6.07, 6.45) is -3.39. The Kier molecular flexibility index (Phi) is 4.64. The van der Waals surface area contributed by atoms with Crippen LogP contribution >= 0.6 is 0 Å². The highest BCUT2D eigenvalue weighted by Crippen LogP contribution is 2.30. The highest BCUT2D eigenvalue weighted by molar-refractivity contribution is 5.32. The Morgan fingerprint density at radius 1 is 1.45 bits per heavy atom. The van der Waals surface area contributed by atoms with E-state index in [4.69, 9.17) is 9.47 Å². The van der Waals surface area contributed by atoms with E-state index in [1.165, 1.54) is 0 Å². The highest BCUT2D eigenvalue weighted by Gasteiger charge is 2.34. The first kappa shape index (κ1) is 14.8. The van der Waals surface area contributed by atoms with E-state index in [1.54, 1.807) is 0 Å². The second-order valence-corrected chi connectivity index (χ2v) is 4.44. The summed E-state index contributed by atoms with van der Waals surface area (Å²) in [6, 6.07) is 0.815. The lowest BCUT2D eigenvalue weighted by atomic mass is 10.3. The van der Waals surface area contributed by atoms with Gasteiger partial charge in [-0.25, -0.2) is 4.98 Å². The van der Waals surface area contributed by atoms with Gasteiger partial charge in [-0.05, 0) is 6.42 Å². The largest absolute Gasteiger partial charge is 0.472 e. The van der Waals surface area contributed by atoms with Gasteiger partial charge in [0.05, 0.1) is 13.2 Å². The van der Waals surface area contributed by atoms with Crippen LogP contribution in [0.3, 0.4) is 0 Å². The summed E-state index contributed by atoms with van der Waals surface area (Å²) >= 11 is 0. The van der Waals surface area contributed by atoms with E-state index in [2.05, 4.69) is 15.3 Å². The molecular formula is C12H16F3N3O2. The summed E-state index contributed by atoms with van der Waals surface area (Å²) in [5, 5.41) is 2.74. The molecule has 1 N–H and O–H groups in total. The molecule has 8 heteroatoms. The van der Waals surface area contributed by atoms with E-state index in [-0.39, 0.29) is 17.9 Å². The summed E-state index contributed by atoms with van der Waals surface area (Å²) in [6.45, 7) is 3.30. The van der Waals surface area contributed by atoms with Crippen LogP contribution in [-0.4, -0.2) is 35.8 Å². The second-order valence-electron chi connectivity index (χ2n) is 4.44. The van der Waals surface area contributed by atoms with Gasteiger partial charge in [0.2, 0.25) is 11.8 Å². The molecule has 1 aliphatic rings. The van der Waals surface area contributed by atoms with E-state index in [9.17, 15) is 13.2 Å². The SMILES string of the molecule is CCCNc1nc(OC2CCOC2)cc(C(F)(F)F)n1. The summed E-state index contributed by atoms with van der Waals surface area (Å²) in [4.78, 5) is 7.41. The van der Waals surface area contributed by atoms with Gasteiger partial charge in [0.15, 0.2) is 5.69 Å². The van der Waals surface area contributed by atoms with Crippen LogP contribution in [0.1, 0.15) is 25.5 Å². The molecule has 1 aromatic heterocycles. The van der Waals surface area contributed by atoms with E-state index >= 15 is 0 Å². The van der Waals surface area contributed by atoms with Crippen LogP contribution in [0.5, 0.6) is 5.88 Å². The molecule has 1 saturated heterocycles. The van der Waals surface area contributed by atoms with Crippen molar-refractivity contribution >= 4 is 5.95 Å². The molecule has 5 nitrogen and oxygen atoms in total. The minimum atomic E-state index is -4.53. The van der Waals surface area contributed by atoms with Gasteiger partial charge < -0.3 is 14.8 Å². The topological polar surface area (TPSA) is 56.3 Å². The molecule has 20 heavy (non-hydrogen) atoms. The maximum absolute atomic E-state index is 12.8. The molecule has 112 valence electrons. The number of nitrogens with one attached hydrogen (secondary N) is 1. The quantitative estimate of drug-likeness (QED) is 0.903. The lowest BCUT2D eigenvalue weighted by Gasteiger charge is -2.14. The Morgan fingerprint density at radius 3 is 2.85 bits per heavy atom. The molecule has 0 saturated carbocycles. The third-order valence-electron chi connectivity index (χ3n) is 2.70. The van der Waals surface area contributed by atoms with Gasteiger partial charge in [0.1, 0.15) is 6.10 Å². The number of rotatable bonds is 5. The lowest BCUT2D eigenvalue weighted by molar-refractivity contribution is -0.141. The molecule has 1 unspecified atom stereocenters. The summed E-state index contributed by atoms with van der Waals surface area (Å²) in [7, 11) is 0. The maximum atomic E-state index is 12.8. The first-order valence-corrected chi connectivity index (χ1v) is 6.43. The van der Waals surface area contributed by atoms with E-state index in [1.807, 2.05) is 6.92 Å². The molecule has 2 rings (SSSR count). The lowest BCUT2D eigenvalue weighted by Crippen LogP contribution is -2.19. The van der Waals surface area contributed by atoms with Crippen LogP contribution in [0.2, 0.25) is 0 Å². The standard InChI is InChI=1S/C12H16F3N3O2/c1-2-4-16-11-17-9(12(13,14)15)6-10(18-11)20-8-3-5-19-7-8/h6,8H,2-5,7H2,1H3,(H,16,17,18). The maximum Gasteiger partial charge on any atom is 0.433 e. The van der Waals surface area contributed by atoms with Gasteiger partial charge in [0, 0.05) is 19.0 Å². The Bertz CT molecular complexity index is 448. The molecular weight excluding hydrogens is 275 g/mol. The van der Waals surface area contributed by atoms with Gasteiger partial charge in [-0.3, -0.25) is 0 Å². The van der Waals surface area contributed by atoms with Gasteiger partial charge in [0.25, 0.3) is 0 Å². The Labute approximate surface area is 114 Å². The van der Waals surface area contributed by atoms with E-state index in [0.717, 1.165) is 12.5 Å². The van der Waals surface area contributed by atoms with Crippen LogP contribution in [0, 0.1) is 0 Å². The normalized spacial score (nSPS) is 19.1. The van der Waals surface area contributed by atoms with Crippen LogP contribution in [0.15, 0.2) is 6.07 Å². The van der Waals surface area contributed by atoms with Crippen LogP contribution in [-0.2, 0) is 10.9 Å². The van der Waals surface area contributed by atoms with Crippen molar-refractivity contribution in [3.8, 4) is 5.88 Å². The molecule has 0 bridgehead atoms. The van der Waals surface area contributed by atoms with Crippen molar-refractivity contribution in [2.45, 2.75) is 32.0 Å². The number of anilines is 1. The predicted molar refractivity (Wildman–Crippen MR) is 65.7 cm³/mol. The minimum Gasteiger partial charge on any atom is -0.472 e. The zero-order chi connectivity index (χ0) is 14.6. The minimum absolute atomic E-state index is 0.0735. The number of aromatic nitrogens is 2. The Balaban J connectivity index is 2.19. The van der Waals surface area contributed by atoms with Crippen molar-refractivity contribution in [3.63, 3.8) is 0 Å². The third-order valence-corrected chi connectivity index (χ3v) is 2.70. The first-order chi connectivity index (χ1) is 9.49. The summed E-state index contributed by atoms with van der Waals surface area (Å²) in [5.74, 6) is -0.156. The monoisotopic (exact) mass is 291 g/mol. The van der Waals surface area contributed by atoms with Crippen molar-refractivity contribution in [2.24, 2.45) is 0 Å². The molecule has 0 aliphatic carbocycles. The Hall–Kier alpha value is -1.57. The molecule has 1 aliphatic heterocycles. The zero-order valence-electron chi connectivity index (χ0n) is 11.0. The zero-order valence-corrected chi connectivity index (χ0v) is 11.0. The van der Waals surface area contributed by atoms with Crippen LogP contribution in [0.25, 0.3) is 0 Å². The van der Waals surface area contributed by atoms with Crippen molar-refractivity contribution in [1.29, 1.82) is 0 Å². The average molecular weight is 291 g/mol. The van der Waals surface area contributed by atoms with Crippen molar-refractivity contribution < 1.29 is 22.6 Å². The van der Waals surface area contributed by atoms with Crippen molar-refractivity contribution in [2.75, 3.05) is 25.1 Å². The van der Waals surface area contributed by atoms with Crippen LogP contribution in [0.4, 0.5) is 19.1 Å². The van der Waals surface area contributed by atoms with E-state index < -0.39 is 11.9 Å². The number of alkyl halides is 3. The van der Waals surface area contributed by atoms with Gasteiger partial charge >= 0.3 is 6.18 Å². The fourth-order valence-corrected chi connectivity index (χ4v) is 1.72. The molecule has 1 aromatic rings. The molecule has 0 amide bonds. The highest BCUT2D eigenvalue weighted by atomic mass is 19.4. The predicted octanol–water partition coefficient (Wildman–Crippen LogP) is 2.49. The molecule has 0 aromatic carbocycles. The van der Waals surface area contributed by atoms with Crippen molar-refractivity contribution in [3.05, 3.63) is 11.8 Å². The fourth-order valence-electron chi connectivity index (χ4n) is 1.72. The number of ether oxygens (including phenoxy) is 2. The number of hydrogen-bond acceptors (Lipinski definition) is 5. The molecule has 0 radical (unpaired) electrons. The first-order valence-electron chi connectivity index (χ1n) is 6.43. The van der Waals surface area contributed by atoms with Gasteiger partial charge in [-0.1, -0.05) is 6.92 Å². The Morgan fingerprint density at radius 2 is 2.25 bits per heavy atom. The molecule has 1 fully saturated rings. The molecule has 1 atom stereocenters. The number of nitrogens with zero attached hydrogens (tertiary/aromatic N) is 2. The molecule has 0 spiro atoms. The summed E-state index contributed by atoms with van der Waals surface area (Å²) in [5.41, 5.74) is -1.01. The fraction of sp³-hybridized carbons (Fsp3) is 0.667. The third kappa shape index (κ3) is 3.96. The summed E-state index contributed by atoms with van der Waals surface area (Å²) < 4.78 is 48.9. The number of hydrogen-bond donors (Lipinski definition) is 1. The molecule has 2 heterocycles. The van der Waals surface area contributed by atoms with Gasteiger partial charge in [-0.2, -0.15) is 18.2 Å². The number of halogens is 3. The van der Waals surface area contributed by atoms with E-state index in [0.29, 0.717) is 26.2 Å². The van der Waals surface area contributed by atoms with Gasteiger partial charge in [-0.15, -0.1) is 0 Å². The van der Waals surface area contributed by atoms with Crippen molar-refractivity contribution in [1.82, 2.24) is 9.97 Å².